The molecule has 1 N–H and O–H groups in total. The number of rotatable bonds is 4. The molecule has 0 aromatic heterocycles. The summed E-state index contributed by atoms with van der Waals surface area (Å²) in [7, 11) is 1.59. The van der Waals surface area contributed by atoms with Crippen LogP contribution in [-0.4, -0.2) is 7.11 Å². The number of benzene rings is 2. The first-order chi connectivity index (χ1) is 8.70. The summed E-state index contributed by atoms with van der Waals surface area (Å²) in [6, 6.07) is 11.4. The van der Waals surface area contributed by atoms with Gasteiger partial charge in [0.05, 0.1) is 12.8 Å². The molecular weight excluding hydrogens is 236 g/mol. The SMILES string of the molecule is COc1ccc(CNc2cccc(F)c2F)cc1. The molecule has 2 nitrogen and oxygen atoms in total. The van der Waals surface area contributed by atoms with Crippen LogP contribution >= 0.6 is 0 Å². The van der Waals surface area contributed by atoms with Crippen molar-refractivity contribution in [2.24, 2.45) is 0 Å². The van der Waals surface area contributed by atoms with E-state index in [0.717, 1.165) is 17.4 Å². The predicted molar refractivity (Wildman–Crippen MR) is 66.7 cm³/mol. The Morgan fingerprint density at radius 3 is 2.44 bits per heavy atom. The lowest BCUT2D eigenvalue weighted by atomic mass is 10.2. The normalized spacial score (nSPS) is 10.2. The molecule has 94 valence electrons. The molecule has 0 amide bonds. The zero-order valence-electron chi connectivity index (χ0n) is 9.91. The first-order valence-electron chi connectivity index (χ1n) is 5.51. The molecule has 2 aromatic carbocycles. The summed E-state index contributed by atoms with van der Waals surface area (Å²) < 4.78 is 31.4. The maximum absolute atomic E-state index is 13.4. The topological polar surface area (TPSA) is 21.3 Å². The second kappa shape index (κ2) is 5.49. The van der Waals surface area contributed by atoms with E-state index in [1.165, 1.54) is 12.1 Å². The summed E-state index contributed by atoms with van der Waals surface area (Å²) >= 11 is 0. The van der Waals surface area contributed by atoms with Gasteiger partial charge in [-0.25, -0.2) is 8.78 Å². The number of anilines is 1. The van der Waals surface area contributed by atoms with E-state index in [0.29, 0.717) is 6.54 Å². The molecule has 0 aliphatic carbocycles. The molecule has 2 aromatic rings. The van der Waals surface area contributed by atoms with Crippen LogP contribution in [0.4, 0.5) is 14.5 Å². The Kier molecular flexibility index (Phi) is 3.77. The Morgan fingerprint density at radius 1 is 1.06 bits per heavy atom. The third-order valence-corrected chi connectivity index (χ3v) is 2.59. The van der Waals surface area contributed by atoms with Gasteiger partial charge < -0.3 is 10.1 Å². The van der Waals surface area contributed by atoms with Crippen LogP contribution in [0, 0.1) is 11.6 Å². The van der Waals surface area contributed by atoms with E-state index in [2.05, 4.69) is 5.32 Å². The molecule has 0 unspecified atom stereocenters. The Balaban J connectivity index is 2.04. The minimum atomic E-state index is -0.856. The number of hydrogen-bond donors (Lipinski definition) is 1. The van der Waals surface area contributed by atoms with Gasteiger partial charge in [-0.2, -0.15) is 0 Å². The lowest BCUT2D eigenvalue weighted by Gasteiger charge is -2.08. The number of methoxy groups -OCH3 is 1. The van der Waals surface area contributed by atoms with Gasteiger partial charge in [0.2, 0.25) is 0 Å². The van der Waals surface area contributed by atoms with Crippen molar-refractivity contribution in [1.29, 1.82) is 0 Å². The molecule has 0 spiro atoms. The van der Waals surface area contributed by atoms with Crippen molar-refractivity contribution >= 4 is 5.69 Å². The Hall–Kier alpha value is -2.10. The van der Waals surface area contributed by atoms with Crippen LogP contribution in [0.1, 0.15) is 5.56 Å². The second-order valence-electron chi connectivity index (χ2n) is 3.80. The molecule has 18 heavy (non-hydrogen) atoms. The maximum atomic E-state index is 13.4. The molecule has 0 saturated carbocycles. The fraction of sp³-hybridized carbons (Fsp3) is 0.143. The average Bonchev–Trinajstić information content (AvgIpc) is 2.41. The van der Waals surface area contributed by atoms with Crippen molar-refractivity contribution in [3.05, 3.63) is 59.7 Å². The molecular formula is C14H13F2NO. The van der Waals surface area contributed by atoms with Gasteiger partial charge in [-0.15, -0.1) is 0 Å². The van der Waals surface area contributed by atoms with Crippen molar-refractivity contribution in [2.75, 3.05) is 12.4 Å². The number of halogens is 2. The van der Waals surface area contributed by atoms with E-state index in [-0.39, 0.29) is 5.69 Å². The molecule has 2 rings (SSSR count). The zero-order valence-corrected chi connectivity index (χ0v) is 9.91. The van der Waals surface area contributed by atoms with Gasteiger partial charge in [-0.1, -0.05) is 18.2 Å². The third kappa shape index (κ3) is 2.77. The molecule has 4 heteroatoms. The van der Waals surface area contributed by atoms with E-state index in [1.54, 1.807) is 7.11 Å². The number of nitrogens with one attached hydrogen (secondary N) is 1. The van der Waals surface area contributed by atoms with Crippen LogP contribution in [0.15, 0.2) is 42.5 Å². The molecule has 0 radical (unpaired) electrons. The van der Waals surface area contributed by atoms with Gasteiger partial charge in [0.1, 0.15) is 5.75 Å². The highest BCUT2D eigenvalue weighted by Gasteiger charge is 2.06. The lowest BCUT2D eigenvalue weighted by Crippen LogP contribution is -2.02. The molecule has 0 saturated heterocycles. The average molecular weight is 249 g/mol. The van der Waals surface area contributed by atoms with Crippen LogP contribution < -0.4 is 10.1 Å². The van der Waals surface area contributed by atoms with Gasteiger partial charge in [0.15, 0.2) is 11.6 Å². The van der Waals surface area contributed by atoms with Gasteiger partial charge in [0, 0.05) is 6.54 Å². The minimum Gasteiger partial charge on any atom is -0.497 e. The molecule has 0 aliphatic heterocycles. The van der Waals surface area contributed by atoms with Crippen LogP contribution in [-0.2, 0) is 6.54 Å². The van der Waals surface area contributed by atoms with Crippen LogP contribution in [0.3, 0.4) is 0 Å². The molecule has 0 bridgehead atoms. The lowest BCUT2D eigenvalue weighted by molar-refractivity contribution is 0.414. The van der Waals surface area contributed by atoms with Crippen molar-refractivity contribution in [3.8, 4) is 5.75 Å². The third-order valence-electron chi connectivity index (χ3n) is 2.59. The Morgan fingerprint density at radius 2 is 1.78 bits per heavy atom. The Bertz CT molecular complexity index is 526. The number of hydrogen-bond acceptors (Lipinski definition) is 2. The van der Waals surface area contributed by atoms with Crippen molar-refractivity contribution in [1.82, 2.24) is 0 Å². The fourth-order valence-corrected chi connectivity index (χ4v) is 1.58. The summed E-state index contributed by atoms with van der Waals surface area (Å²) in [4.78, 5) is 0. The van der Waals surface area contributed by atoms with Crippen LogP contribution in [0.5, 0.6) is 5.75 Å². The molecule has 0 aliphatic rings. The largest absolute Gasteiger partial charge is 0.497 e. The van der Waals surface area contributed by atoms with Crippen LogP contribution in [0.25, 0.3) is 0 Å². The van der Waals surface area contributed by atoms with Gasteiger partial charge in [-0.05, 0) is 29.8 Å². The fourth-order valence-electron chi connectivity index (χ4n) is 1.58. The van der Waals surface area contributed by atoms with Crippen molar-refractivity contribution < 1.29 is 13.5 Å². The van der Waals surface area contributed by atoms with E-state index in [9.17, 15) is 8.78 Å². The predicted octanol–water partition coefficient (Wildman–Crippen LogP) is 3.59. The minimum absolute atomic E-state index is 0.158. The molecule has 0 fully saturated rings. The van der Waals surface area contributed by atoms with E-state index in [4.69, 9.17) is 4.74 Å². The monoisotopic (exact) mass is 249 g/mol. The molecule has 0 atom stereocenters. The number of ether oxygens (including phenoxy) is 1. The highest BCUT2D eigenvalue weighted by Crippen LogP contribution is 2.18. The van der Waals surface area contributed by atoms with Gasteiger partial charge in [0.25, 0.3) is 0 Å². The highest BCUT2D eigenvalue weighted by molar-refractivity contribution is 5.45. The summed E-state index contributed by atoms with van der Waals surface area (Å²) in [6.45, 7) is 0.421. The maximum Gasteiger partial charge on any atom is 0.181 e. The summed E-state index contributed by atoms with van der Waals surface area (Å²) in [5, 5.41) is 2.85. The van der Waals surface area contributed by atoms with Crippen molar-refractivity contribution in [2.45, 2.75) is 6.54 Å². The zero-order chi connectivity index (χ0) is 13.0. The summed E-state index contributed by atoms with van der Waals surface area (Å²) in [5.74, 6) is -0.948. The standard InChI is InChI=1S/C14H13F2NO/c1-18-11-7-5-10(6-8-11)9-17-13-4-2-3-12(15)14(13)16/h2-8,17H,9H2,1H3. The van der Waals surface area contributed by atoms with Gasteiger partial charge in [-0.3, -0.25) is 0 Å². The molecule has 0 heterocycles. The van der Waals surface area contributed by atoms with E-state index >= 15 is 0 Å². The Labute approximate surface area is 104 Å². The second-order valence-corrected chi connectivity index (χ2v) is 3.80. The van der Waals surface area contributed by atoms with E-state index in [1.807, 2.05) is 24.3 Å². The van der Waals surface area contributed by atoms with Gasteiger partial charge >= 0.3 is 0 Å². The summed E-state index contributed by atoms with van der Waals surface area (Å²) in [5.41, 5.74) is 1.12. The first-order valence-corrected chi connectivity index (χ1v) is 5.51. The first kappa shape index (κ1) is 12.4. The highest BCUT2D eigenvalue weighted by atomic mass is 19.2. The quantitative estimate of drug-likeness (QED) is 0.894. The smallest absolute Gasteiger partial charge is 0.181 e. The van der Waals surface area contributed by atoms with E-state index < -0.39 is 11.6 Å². The van der Waals surface area contributed by atoms with Crippen molar-refractivity contribution in [3.63, 3.8) is 0 Å². The summed E-state index contributed by atoms with van der Waals surface area (Å²) in [6.07, 6.45) is 0. The van der Waals surface area contributed by atoms with Crippen LogP contribution in [0.2, 0.25) is 0 Å².